The van der Waals surface area contributed by atoms with Gasteiger partial charge < -0.3 is 15.9 Å². The minimum atomic E-state index is -1.21. The fraction of sp³-hybridized carbons (Fsp3) is 0. The average Bonchev–Trinajstić information content (AvgIpc) is 2.07. The molecule has 4 nitrogen and oxygen atoms in total. The molecule has 0 heterocycles. The first kappa shape index (κ1) is 10.3. The zero-order valence-corrected chi connectivity index (χ0v) is 9.39. The maximum atomic E-state index is 10.6. The number of hydrogen-bond donors (Lipinski definition) is 3. The molecule has 0 aliphatic carbocycles. The summed E-state index contributed by atoms with van der Waals surface area (Å²) in [6.45, 7) is 0. The molecule has 0 saturated heterocycles. The summed E-state index contributed by atoms with van der Waals surface area (Å²) in [4.78, 5) is 10.6. The summed E-state index contributed by atoms with van der Waals surface area (Å²) in [6.07, 6.45) is 0. The maximum Gasteiger partial charge on any atom is 0.339 e. The quantitative estimate of drug-likeness (QED) is 0.694. The summed E-state index contributed by atoms with van der Waals surface area (Å²) in [5.41, 5.74) is 5.57. The van der Waals surface area contributed by atoms with Gasteiger partial charge in [0.15, 0.2) is 0 Å². The van der Waals surface area contributed by atoms with Crippen LogP contribution in [0.5, 0.6) is 5.75 Å². The van der Waals surface area contributed by atoms with Gasteiger partial charge in [-0.3, -0.25) is 0 Å². The molecular weight excluding hydrogens is 306 g/mol. The van der Waals surface area contributed by atoms with E-state index < -0.39 is 5.97 Å². The molecule has 0 spiro atoms. The van der Waals surface area contributed by atoms with Gasteiger partial charge in [0.25, 0.3) is 0 Å². The number of rotatable bonds is 1. The van der Waals surface area contributed by atoms with Crippen molar-refractivity contribution in [3.63, 3.8) is 0 Å². The lowest BCUT2D eigenvalue weighted by Crippen LogP contribution is -1.99. The van der Waals surface area contributed by atoms with Crippen molar-refractivity contribution in [1.82, 2.24) is 0 Å². The minimum absolute atomic E-state index is 0.180. The first-order valence-corrected chi connectivity index (χ1v) is 4.73. The number of nitrogen functional groups attached to an aromatic ring is 1. The van der Waals surface area contributed by atoms with E-state index in [4.69, 9.17) is 10.8 Å². The van der Waals surface area contributed by atoms with E-state index in [2.05, 4.69) is 31.9 Å². The smallest absolute Gasteiger partial charge is 0.339 e. The highest BCUT2D eigenvalue weighted by atomic mass is 79.9. The molecular formula is C7H5Br2NO3. The number of aromatic hydroxyl groups is 1. The summed E-state index contributed by atoms with van der Waals surface area (Å²) >= 11 is 6.05. The van der Waals surface area contributed by atoms with E-state index in [1.807, 2.05) is 0 Å². The molecule has 1 aromatic carbocycles. The highest BCUT2D eigenvalue weighted by Crippen LogP contribution is 2.38. The van der Waals surface area contributed by atoms with E-state index in [0.29, 0.717) is 4.47 Å². The number of hydrogen-bond acceptors (Lipinski definition) is 3. The molecule has 0 bridgehead atoms. The van der Waals surface area contributed by atoms with Gasteiger partial charge >= 0.3 is 5.97 Å². The molecule has 0 unspecified atom stereocenters. The van der Waals surface area contributed by atoms with Crippen molar-refractivity contribution in [3.05, 3.63) is 20.6 Å². The molecule has 0 saturated carbocycles. The standard InChI is InChI=1S/C7H5Br2NO3/c8-3-1-2(7(12)13)6(11)4(9)5(3)10/h1,11H,10H2,(H,12,13). The van der Waals surface area contributed by atoms with Crippen LogP contribution in [0.4, 0.5) is 5.69 Å². The topological polar surface area (TPSA) is 83.6 Å². The number of carboxylic acids is 1. The monoisotopic (exact) mass is 309 g/mol. The first-order valence-electron chi connectivity index (χ1n) is 3.15. The van der Waals surface area contributed by atoms with Crippen LogP contribution in [0.3, 0.4) is 0 Å². The average molecular weight is 311 g/mol. The Morgan fingerprint density at radius 3 is 2.46 bits per heavy atom. The molecule has 0 fully saturated rings. The summed E-state index contributed by atoms with van der Waals surface area (Å²) in [6, 6.07) is 1.25. The van der Waals surface area contributed by atoms with Crippen molar-refractivity contribution in [1.29, 1.82) is 0 Å². The first-order chi connectivity index (χ1) is 5.95. The number of anilines is 1. The minimum Gasteiger partial charge on any atom is -0.506 e. The number of carboxylic acid groups (broad SMARTS) is 1. The molecule has 0 atom stereocenters. The summed E-state index contributed by atoms with van der Waals surface area (Å²) in [7, 11) is 0. The normalized spacial score (nSPS) is 10.0. The van der Waals surface area contributed by atoms with Crippen LogP contribution in [-0.2, 0) is 0 Å². The van der Waals surface area contributed by atoms with E-state index in [0.717, 1.165) is 0 Å². The van der Waals surface area contributed by atoms with Crippen LogP contribution in [0.2, 0.25) is 0 Å². The van der Waals surface area contributed by atoms with Crippen molar-refractivity contribution in [2.45, 2.75) is 0 Å². The zero-order chi connectivity index (χ0) is 10.2. The van der Waals surface area contributed by atoms with Crippen LogP contribution < -0.4 is 5.73 Å². The SMILES string of the molecule is Nc1c(Br)cc(C(=O)O)c(O)c1Br. The molecule has 0 aromatic heterocycles. The number of carbonyl (C=O) groups is 1. The molecule has 70 valence electrons. The second kappa shape index (κ2) is 3.55. The second-order valence-electron chi connectivity index (χ2n) is 2.29. The Morgan fingerprint density at radius 2 is 2.00 bits per heavy atom. The van der Waals surface area contributed by atoms with Crippen molar-refractivity contribution < 1.29 is 15.0 Å². The predicted molar refractivity (Wildman–Crippen MR) is 54.9 cm³/mol. The Kier molecular flexibility index (Phi) is 2.82. The predicted octanol–water partition coefficient (Wildman–Crippen LogP) is 2.20. The third-order valence-corrected chi connectivity index (χ3v) is 2.92. The number of benzene rings is 1. The molecule has 1 aromatic rings. The molecule has 0 aliphatic rings. The highest BCUT2D eigenvalue weighted by molar-refractivity contribution is 9.11. The molecule has 6 heteroatoms. The van der Waals surface area contributed by atoms with Gasteiger partial charge in [0.2, 0.25) is 0 Å². The number of phenols is 1. The summed E-state index contributed by atoms with van der Waals surface area (Å²) < 4.78 is 0.605. The van der Waals surface area contributed by atoms with Gasteiger partial charge in [0.05, 0.1) is 10.2 Å². The van der Waals surface area contributed by atoms with E-state index in [1.54, 1.807) is 0 Å². The Bertz CT molecular complexity index is 378. The molecule has 1 rings (SSSR count). The highest BCUT2D eigenvalue weighted by Gasteiger charge is 2.16. The Labute approximate surface area is 90.6 Å². The number of aromatic carboxylic acids is 1. The van der Waals surface area contributed by atoms with Crippen molar-refractivity contribution in [2.75, 3.05) is 5.73 Å². The van der Waals surface area contributed by atoms with Crippen molar-refractivity contribution in [2.24, 2.45) is 0 Å². The lowest BCUT2D eigenvalue weighted by Gasteiger charge is -2.06. The molecule has 4 N–H and O–H groups in total. The Morgan fingerprint density at radius 1 is 1.46 bits per heavy atom. The van der Waals surface area contributed by atoms with Crippen LogP contribution in [0.15, 0.2) is 15.0 Å². The lowest BCUT2D eigenvalue weighted by atomic mass is 10.2. The van der Waals surface area contributed by atoms with Crippen LogP contribution >= 0.6 is 31.9 Å². The molecule has 0 radical (unpaired) electrons. The zero-order valence-electron chi connectivity index (χ0n) is 6.21. The molecule has 0 amide bonds. The van der Waals surface area contributed by atoms with E-state index >= 15 is 0 Å². The molecule has 0 aliphatic heterocycles. The van der Waals surface area contributed by atoms with Crippen LogP contribution in [0.1, 0.15) is 10.4 Å². The Balaban J connectivity index is 3.50. The lowest BCUT2D eigenvalue weighted by molar-refractivity contribution is 0.0693. The van der Waals surface area contributed by atoms with Crippen molar-refractivity contribution >= 4 is 43.5 Å². The third kappa shape index (κ3) is 1.78. The van der Waals surface area contributed by atoms with Crippen LogP contribution in [0, 0.1) is 0 Å². The molecule has 13 heavy (non-hydrogen) atoms. The van der Waals surface area contributed by atoms with Crippen LogP contribution in [0.25, 0.3) is 0 Å². The van der Waals surface area contributed by atoms with Gasteiger partial charge in [0, 0.05) is 4.47 Å². The van der Waals surface area contributed by atoms with E-state index in [1.165, 1.54) is 6.07 Å². The van der Waals surface area contributed by atoms with E-state index in [-0.39, 0.29) is 21.5 Å². The van der Waals surface area contributed by atoms with E-state index in [9.17, 15) is 9.90 Å². The largest absolute Gasteiger partial charge is 0.506 e. The number of halogens is 2. The summed E-state index contributed by atoms with van der Waals surface area (Å²) in [5.74, 6) is -1.58. The van der Waals surface area contributed by atoms with Gasteiger partial charge in [-0.25, -0.2) is 4.79 Å². The fourth-order valence-electron chi connectivity index (χ4n) is 0.786. The summed E-state index contributed by atoms with van der Waals surface area (Å²) in [5, 5.41) is 18.0. The van der Waals surface area contributed by atoms with Gasteiger partial charge in [-0.05, 0) is 37.9 Å². The Hall–Kier alpha value is -0.750. The number of nitrogens with two attached hydrogens (primary N) is 1. The van der Waals surface area contributed by atoms with Crippen molar-refractivity contribution in [3.8, 4) is 5.75 Å². The van der Waals surface area contributed by atoms with Gasteiger partial charge in [-0.15, -0.1) is 0 Å². The third-order valence-electron chi connectivity index (χ3n) is 1.46. The maximum absolute atomic E-state index is 10.6. The van der Waals surface area contributed by atoms with Gasteiger partial charge in [-0.2, -0.15) is 0 Å². The second-order valence-corrected chi connectivity index (χ2v) is 3.93. The fourth-order valence-corrected chi connectivity index (χ4v) is 1.91. The van der Waals surface area contributed by atoms with Gasteiger partial charge in [0.1, 0.15) is 11.3 Å². The van der Waals surface area contributed by atoms with Crippen LogP contribution in [-0.4, -0.2) is 16.2 Å². The van der Waals surface area contributed by atoms with Gasteiger partial charge in [-0.1, -0.05) is 0 Å².